The number of pyridine rings is 2. The molecule has 0 saturated heterocycles. The van der Waals surface area contributed by atoms with E-state index < -0.39 is 0 Å². The van der Waals surface area contributed by atoms with Gasteiger partial charge in [-0.1, -0.05) is 138 Å². The van der Waals surface area contributed by atoms with Gasteiger partial charge in [-0.2, -0.15) is 0 Å². The summed E-state index contributed by atoms with van der Waals surface area (Å²) in [5, 5.41) is 13.6. The number of hydrogen-bond acceptors (Lipinski definition) is 4. The van der Waals surface area contributed by atoms with Gasteiger partial charge in [0.05, 0.1) is 5.48 Å². The van der Waals surface area contributed by atoms with Crippen molar-refractivity contribution in [3.8, 4) is 22.5 Å². The third kappa shape index (κ3) is 13.9. The molecule has 8 rings (SSSR count). The van der Waals surface area contributed by atoms with Gasteiger partial charge < -0.3 is 15.1 Å². The normalized spacial score (nSPS) is 15.3. The molecular weight excluding hydrogens is 997 g/mol. The minimum absolute atomic E-state index is 0. The molecule has 2 saturated carbocycles. The molecule has 359 valence electrons. The molecule has 4 aromatic carbocycles. The van der Waals surface area contributed by atoms with E-state index in [0.717, 1.165) is 117 Å². The van der Waals surface area contributed by atoms with Gasteiger partial charge in [0.2, 0.25) is 0 Å². The molecule has 2 aliphatic rings. The molecule has 2 aromatic heterocycles. The minimum Gasteiger partial charge on any atom is -0.512 e. The van der Waals surface area contributed by atoms with Crippen molar-refractivity contribution in [2.24, 2.45) is 23.2 Å². The number of aliphatic hydroxyl groups is 1. The van der Waals surface area contributed by atoms with Crippen molar-refractivity contribution >= 4 is 27.3 Å². The van der Waals surface area contributed by atoms with Crippen LogP contribution < -0.4 is 0 Å². The van der Waals surface area contributed by atoms with Gasteiger partial charge in [-0.15, -0.1) is 69.8 Å². The number of ketones is 1. The molecule has 0 atom stereocenters. The van der Waals surface area contributed by atoms with E-state index in [2.05, 4.69) is 98.3 Å². The Morgan fingerprint density at radius 1 is 0.687 bits per heavy atom. The van der Waals surface area contributed by atoms with Crippen LogP contribution >= 0.6 is 0 Å². The first-order valence-electron chi connectivity index (χ1n) is 27.1. The van der Waals surface area contributed by atoms with Crippen LogP contribution in [0, 0.1) is 76.8 Å². The third-order valence-electron chi connectivity index (χ3n) is 14.8. The van der Waals surface area contributed by atoms with Gasteiger partial charge in [0.15, 0.2) is 5.78 Å². The summed E-state index contributed by atoms with van der Waals surface area (Å²) in [6, 6.07) is 24.2. The van der Waals surface area contributed by atoms with Crippen molar-refractivity contribution in [2.75, 3.05) is 0 Å². The summed E-state index contributed by atoms with van der Waals surface area (Å²) >= 11 is 0. The van der Waals surface area contributed by atoms with E-state index in [1.54, 1.807) is 0 Å². The summed E-state index contributed by atoms with van der Waals surface area (Å²) < 4.78 is 33.3. The molecule has 0 bridgehead atoms. The maximum atomic E-state index is 11.9. The Hall–Kier alpha value is -4.44. The Balaban J connectivity index is 0.000000205. The Labute approximate surface area is 423 Å². The van der Waals surface area contributed by atoms with E-state index in [4.69, 9.17) is 5.48 Å². The van der Waals surface area contributed by atoms with Crippen LogP contribution in [-0.2, 0) is 37.7 Å². The second-order valence-electron chi connectivity index (χ2n) is 20.0. The number of carbonyl (C=O) groups excluding carboxylic acids is 1. The van der Waals surface area contributed by atoms with E-state index in [0.29, 0.717) is 0 Å². The number of carbonyl (C=O) groups is 1. The van der Waals surface area contributed by atoms with E-state index in [-0.39, 0.29) is 67.4 Å². The summed E-state index contributed by atoms with van der Waals surface area (Å²) in [7, 11) is 0. The first-order valence-corrected chi connectivity index (χ1v) is 25.1. The zero-order valence-electron chi connectivity index (χ0n) is 46.4. The van der Waals surface area contributed by atoms with Crippen LogP contribution in [-0.4, -0.2) is 20.9 Å². The van der Waals surface area contributed by atoms with Crippen LogP contribution in [0.25, 0.3) is 44.1 Å². The van der Waals surface area contributed by atoms with Gasteiger partial charge >= 0.3 is 0 Å². The van der Waals surface area contributed by atoms with Crippen LogP contribution in [0.5, 0.6) is 0 Å². The van der Waals surface area contributed by atoms with Crippen LogP contribution in [0.1, 0.15) is 162 Å². The Kier molecular flexibility index (Phi) is 17.6. The summed E-state index contributed by atoms with van der Waals surface area (Å²) in [5.41, 5.74) is 12.7. The number of hydrogen-bond donors (Lipinski definition) is 1. The molecule has 4 nitrogen and oxygen atoms in total. The van der Waals surface area contributed by atoms with E-state index >= 15 is 0 Å². The molecule has 0 spiro atoms. The molecule has 6 aromatic rings. The Morgan fingerprint density at radius 3 is 1.45 bits per heavy atom. The smallest absolute Gasteiger partial charge is 0.162 e. The number of benzene rings is 4. The van der Waals surface area contributed by atoms with Crippen molar-refractivity contribution < 1.29 is 35.5 Å². The topological polar surface area (TPSA) is 63.1 Å². The average molecular weight is 1080 g/mol. The molecule has 0 unspecified atom stereocenters. The van der Waals surface area contributed by atoms with Crippen molar-refractivity contribution in [3.63, 3.8) is 0 Å². The number of aryl methyl sites for hydroxylation is 6. The fourth-order valence-corrected chi connectivity index (χ4v) is 10.2. The molecule has 67 heavy (non-hydrogen) atoms. The van der Waals surface area contributed by atoms with Crippen molar-refractivity contribution in [1.29, 1.82) is 0 Å². The molecule has 1 radical (unpaired) electrons. The predicted octanol–water partition coefficient (Wildman–Crippen LogP) is 17.0. The second-order valence-corrected chi connectivity index (χ2v) is 20.0. The van der Waals surface area contributed by atoms with E-state index in [9.17, 15) is 9.90 Å². The first kappa shape index (κ1) is 47.6. The number of aromatic nitrogens is 2. The number of aliphatic hydroxyl groups excluding tert-OH is 1. The van der Waals surface area contributed by atoms with Crippen LogP contribution in [0.3, 0.4) is 0 Å². The van der Waals surface area contributed by atoms with Gasteiger partial charge in [0.1, 0.15) is 5.76 Å². The fraction of sp³-hybridized carbons (Fsp3) is 0.468. The Bertz CT molecular complexity index is 2650. The molecule has 0 aliphatic heterocycles. The zero-order chi connectivity index (χ0) is 51.0. The van der Waals surface area contributed by atoms with Crippen LogP contribution in [0.2, 0.25) is 0 Å². The quantitative estimate of drug-likeness (QED) is 0.0711. The van der Waals surface area contributed by atoms with E-state index in [1.807, 2.05) is 48.5 Å². The number of fused-ring (bicyclic) bond motifs is 2. The summed E-state index contributed by atoms with van der Waals surface area (Å²) in [6.07, 6.45) is 17.7. The summed E-state index contributed by atoms with van der Waals surface area (Å²) in [4.78, 5) is 20.8. The van der Waals surface area contributed by atoms with Gasteiger partial charge in [-0.3, -0.25) is 4.79 Å². The molecule has 5 heteroatoms. The largest absolute Gasteiger partial charge is 0.512 e. The Morgan fingerprint density at radius 2 is 1.09 bits per heavy atom. The number of nitrogens with zero attached hydrogens (tertiary/aromatic N) is 2. The molecular formula is C62H78IrN2O2-2. The van der Waals surface area contributed by atoms with Crippen molar-refractivity contribution in [1.82, 2.24) is 9.97 Å². The van der Waals surface area contributed by atoms with E-state index in [1.165, 1.54) is 79.7 Å². The average Bonchev–Trinajstić information content (AvgIpc) is 4.05. The van der Waals surface area contributed by atoms with Gasteiger partial charge in [-0.25, -0.2) is 0 Å². The molecule has 1 N–H and O–H groups in total. The van der Waals surface area contributed by atoms with Gasteiger partial charge in [0, 0.05) is 49.9 Å². The summed E-state index contributed by atoms with van der Waals surface area (Å²) in [6.45, 7) is 22.6. The maximum Gasteiger partial charge on any atom is 0.162 e. The SMILES string of the molecule is CCC(CC)C(=O)/C=C(\O)C(C)(CC)CC.[2H]c1nc(-c2[c-]c(C)cc(C)c2)c2cc(C)c(CC3CCCC3)cc2c1[2H].[2H]c1nc(-c2[c-]c(C)cc(C)c2)c2cc(C)c(CC3CCCC3)cc2c1[2H].[Ir]. The van der Waals surface area contributed by atoms with Crippen molar-refractivity contribution in [3.05, 3.63) is 141 Å². The van der Waals surface area contributed by atoms with Crippen LogP contribution in [0.15, 0.2) is 84.8 Å². The van der Waals surface area contributed by atoms with Crippen molar-refractivity contribution in [2.45, 2.75) is 166 Å². The monoisotopic (exact) mass is 1080 g/mol. The zero-order valence-corrected chi connectivity index (χ0v) is 44.8. The first-order chi connectivity index (χ1) is 33.3. The standard InChI is InChI=1S/2C24H26N.C14H26O2.Ir/c2*1-16-10-17(2)12-22(11-16)24-23-13-18(3)21(14-19-6-4-5-7-19)15-20(23)8-9-25-24;1-6-11(7-2)12(15)10-13(16)14(5,8-3)9-4;/h2*8-11,13,15,19H,4-7,14H2,1-3H3;10-11,16H,6-9H2,1-5H3;/q2*-1;;/b;;13-10-;/i2*8D,9D;;. The predicted molar refractivity (Wildman–Crippen MR) is 280 cm³/mol. The fourth-order valence-electron chi connectivity index (χ4n) is 10.2. The van der Waals surface area contributed by atoms with Gasteiger partial charge in [0.25, 0.3) is 0 Å². The number of allylic oxidation sites excluding steroid dienone is 2. The number of rotatable bonds is 13. The van der Waals surface area contributed by atoms with Crippen LogP contribution in [0.4, 0.5) is 0 Å². The van der Waals surface area contributed by atoms with Gasteiger partial charge in [-0.05, 0) is 131 Å². The maximum absolute atomic E-state index is 11.9. The third-order valence-corrected chi connectivity index (χ3v) is 14.8. The second kappa shape index (κ2) is 24.7. The minimum atomic E-state index is -0.248. The molecule has 0 amide bonds. The molecule has 2 fully saturated rings. The molecule has 2 heterocycles. The molecule has 2 aliphatic carbocycles. The summed E-state index contributed by atoms with van der Waals surface area (Å²) in [5.74, 6) is 1.89.